The summed E-state index contributed by atoms with van der Waals surface area (Å²) in [5.74, 6) is 6.19. The third-order valence-corrected chi connectivity index (χ3v) is 3.63. The summed E-state index contributed by atoms with van der Waals surface area (Å²) in [7, 11) is 2.11. The number of nitrogens with zero attached hydrogens (tertiary/aromatic N) is 2. The molecule has 6 heteroatoms. The molecule has 104 valence electrons. The van der Waals surface area contributed by atoms with Gasteiger partial charge in [0.25, 0.3) is 0 Å². The third kappa shape index (κ3) is 4.12. The van der Waals surface area contributed by atoms with Crippen molar-refractivity contribution in [2.24, 2.45) is 10.8 Å². The third-order valence-electron chi connectivity index (χ3n) is 3.63. The lowest BCUT2D eigenvalue weighted by Crippen LogP contribution is -2.47. The number of hydrogen-bond acceptors (Lipinski definition) is 4. The van der Waals surface area contributed by atoms with E-state index in [0.29, 0.717) is 18.5 Å². The van der Waals surface area contributed by atoms with Crippen LogP contribution in [0.4, 0.5) is 0 Å². The molecule has 0 spiro atoms. The second-order valence-electron chi connectivity index (χ2n) is 5.21. The van der Waals surface area contributed by atoms with E-state index in [1.807, 2.05) is 0 Å². The molecule has 1 heterocycles. The maximum Gasteiger partial charge on any atom is 0.206 e. The molecule has 2 rings (SSSR count). The van der Waals surface area contributed by atoms with Gasteiger partial charge >= 0.3 is 0 Å². The fourth-order valence-electron chi connectivity index (χ4n) is 2.57. The zero-order chi connectivity index (χ0) is 12.8. The minimum absolute atomic E-state index is 0.178. The molecular weight excluding hydrogens is 230 g/mol. The normalized spacial score (nSPS) is 27.4. The Morgan fingerprint density at radius 2 is 2.22 bits per heavy atom. The largest absolute Gasteiger partial charge is 0.374 e. The molecule has 4 N–H and O–H groups in total. The number of hydrazine groups is 1. The number of rotatable bonds is 3. The molecule has 1 atom stereocenters. The quantitative estimate of drug-likeness (QED) is 0.279. The summed E-state index contributed by atoms with van der Waals surface area (Å²) in [6.45, 7) is 3.38. The molecule has 1 saturated heterocycles. The van der Waals surface area contributed by atoms with Crippen molar-refractivity contribution in [3.8, 4) is 0 Å². The van der Waals surface area contributed by atoms with Gasteiger partial charge in [0.1, 0.15) is 0 Å². The summed E-state index contributed by atoms with van der Waals surface area (Å²) < 4.78 is 5.67. The molecule has 1 unspecified atom stereocenters. The number of nitrogens with one attached hydrogen (secondary N) is 2. The summed E-state index contributed by atoms with van der Waals surface area (Å²) in [4.78, 5) is 6.75. The summed E-state index contributed by atoms with van der Waals surface area (Å²) in [5.41, 5.74) is 2.65. The van der Waals surface area contributed by atoms with Crippen molar-refractivity contribution < 1.29 is 4.74 Å². The number of hydrogen-bond donors (Lipinski definition) is 3. The van der Waals surface area contributed by atoms with Crippen molar-refractivity contribution in [2.75, 3.05) is 33.3 Å². The average Bonchev–Trinajstić information content (AvgIpc) is 2.87. The Morgan fingerprint density at radius 1 is 1.44 bits per heavy atom. The van der Waals surface area contributed by atoms with Crippen LogP contribution in [0.1, 0.15) is 25.7 Å². The number of likely N-dealkylation sites (N-methyl/N-ethyl adjacent to an activating group) is 1. The highest BCUT2D eigenvalue weighted by molar-refractivity contribution is 5.79. The number of nitrogens with two attached hydrogens (primary N) is 1. The molecule has 0 bridgehead atoms. The van der Waals surface area contributed by atoms with E-state index in [1.54, 1.807) is 0 Å². The second-order valence-corrected chi connectivity index (χ2v) is 5.21. The Labute approximate surface area is 109 Å². The molecule has 0 radical (unpaired) electrons. The first-order valence-corrected chi connectivity index (χ1v) is 6.85. The van der Waals surface area contributed by atoms with Gasteiger partial charge < -0.3 is 15.0 Å². The van der Waals surface area contributed by atoms with E-state index in [1.165, 1.54) is 25.7 Å². The smallest absolute Gasteiger partial charge is 0.206 e. The monoisotopic (exact) mass is 255 g/mol. The van der Waals surface area contributed by atoms with Crippen LogP contribution < -0.4 is 16.6 Å². The van der Waals surface area contributed by atoms with Gasteiger partial charge in [-0.05, 0) is 19.9 Å². The maximum absolute atomic E-state index is 5.67. The van der Waals surface area contributed by atoms with Gasteiger partial charge in [-0.15, -0.1) is 0 Å². The molecule has 2 aliphatic rings. The minimum atomic E-state index is 0.178. The maximum atomic E-state index is 5.67. The lowest BCUT2D eigenvalue weighted by atomic mass is 10.2. The van der Waals surface area contributed by atoms with Crippen LogP contribution in [-0.2, 0) is 4.74 Å². The van der Waals surface area contributed by atoms with E-state index >= 15 is 0 Å². The highest BCUT2D eigenvalue weighted by atomic mass is 16.5. The summed E-state index contributed by atoms with van der Waals surface area (Å²) >= 11 is 0. The van der Waals surface area contributed by atoms with E-state index < -0.39 is 0 Å². The van der Waals surface area contributed by atoms with Crippen molar-refractivity contribution in [2.45, 2.75) is 37.8 Å². The van der Waals surface area contributed by atoms with Crippen LogP contribution >= 0.6 is 0 Å². The first-order valence-electron chi connectivity index (χ1n) is 6.85. The molecule has 0 aromatic rings. The average molecular weight is 255 g/mol. The van der Waals surface area contributed by atoms with Crippen molar-refractivity contribution >= 4 is 5.96 Å². The second kappa shape index (κ2) is 6.92. The van der Waals surface area contributed by atoms with E-state index in [-0.39, 0.29) is 6.10 Å². The fraction of sp³-hybridized carbons (Fsp3) is 0.917. The predicted octanol–water partition coefficient (Wildman–Crippen LogP) is -0.331. The van der Waals surface area contributed by atoms with Crippen molar-refractivity contribution in [3.05, 3.63) is 0 Å². The van der Waals surface area contributed by atoms with Crippen molar-refractivity contribution in [1.82, 2.24) is 15.6 Å². The number of aliphatic imine (C=N–C) groups is 1. The van der Waals surface area contributed by atoms with Crippen LogP contribution in [0.15, 0.2) is 4.99 Å². The first-order chi connectivity index (χ1) is 8.78. The van der Waals surface area contributed by atoms with E-state index in [0.717, 1.165) is 19.7 Å². The zero-order valence-corrected chi connectivity index (χ0v) is 11.2. The summed E-state index contributed by atoms with van der Waals surface area (Å²) in [5, 5.41) is 3.36. The standard InChI is InChI=1S/C12H25N5O/c1-17-6-7-18-11(9-17)8-14-12(16-13)15-10-4-2-3-5-10/h10-11H,2-9,13H2,1H3,(H2,14,15,16). The van der Waals surface area contributed by atoms with Crippen LogP contribution in [0.25, 0.3) is 0 Å². The number of ether oxygens (including phenoxy) is 1. The Morgan fingerprint density at radius 3 is 2.89 bits per heavy atom. The van der Waals surface area contributed by atoms with Crippen LogP contribution in [0.2, 0.25) is 0 Å². The highest BCUT2D eigenvalue weighted by Crippen LogP contribution is 2.17. The molecule has 1 aliphatic carbocycles. The first kappa shape index (κ1) is 13.6. The molecule has 0 aromatic heterocycles. The highest BCUT2D eigenvalue weighted by Gasteiger charge is 2.18. The van der Waals surface area contributed by atoms with Crippen LogP contribution in [0.3, 0.4) is 0 Å². The summed E-state index contributed by atoms with van der Waals surface area (Å²) in [6, 6.07) is 0.523. The van der Waals surface area contributed by atoms with Gasteiger partial charge in [0.2, 0.25) is 5.96 Å². The Hall–Kier alpha value is -0.850. The van der Waals surface area contributed by atoms with Gasteiger partial charge in [-0.2, -0.15) is 0 Å². The molecular formula is C12H25N5O. The Kier molecular flexibility index (Phi) is 5.22. The Bertz CT molecular complexity index is 278. The molecule has 18 heavy (non-hydrogen) atoms. The number of morpholine rings is 1. The zero-order valence-electron chi connectivity index (χ0n) is 11.2. The van der Waals surface area contributed by atoms with Crippen LogP contribution in [0, 0.1) is 0 Å². The SMILES string of the molecule is CN1CCOC(CN=C(NN)NC2CCCC2)C1. The predicted molar refractivity (Wildman–Crippen MR) is 72.3 cm³/mol. The topological polar surface area (TPSA) is 74.9 Å². The number of guanidine groups is 1. The van der Waals surface area contributed by atoms with Gasteiger partial charge in [0.15, 0.2) is 0 Å². The molecule has 0 aromatic carbocycles. The van der Waals surface area contributed by atoms with Crippen molar-refractivity contribution in [1.29, 1.82) is 0 Å². The minimum Gasteiger partial charge on any atom is -0.374 e. The fourth-order valence-corrected chi connectivity index (χ4v) is 2.57. The van der Waals surface area contributed by atoms with Gasteiger partial charge in [-0.25, -0.2) is 10.8 Å². The lowest BCUT2D eigenvalue weighted by Gasteiger charge is -2.29. The molecule has 1 aliphatic heterocycles. The van der Waals surface area contributed by atoms with Crippen molar-refractivity contribution in [3.63, 3.8) is 0 Å². The molecule has 6 nitrogen and oxygen atoms in total. The molecule has 2 fully saturated rings. The van der Waals surface area contributed by atoms with Gasteiger partial charge in [0, 0.05) is 19.1 Å². The molecule has 0 amide bonds. The van der Waals surface area contributed by atoms with Gasteiger partial charge in [-0.1, -0.05) is 12.8 Å². The van der Waals surface area contributed by atoms with E-state index in [4.69, 9.17) is 10.6 Å². The summed E-state index contributed by atoms with van der Waals surface area (Å²) in [6.07, 6.45) is 5.20. The van der Waals surface area contributed by atoms with Crippen LogP contribution in [-0.4, -0.2) is 56.3 Å². The molecule has 1 saturated carbocycles. The van der Waals surface area contributed by atoms with Gasteiger partial charge in [-0.3, -0.25) is 5.43 Å². The van der Waals surface area contributed by atoms with E-state index in [2.05, 4.69) is 27.7 Å². The lowest BCUT2D eigenvalue weighted by molar-refractivity contribution is -0.0136. The van der Waals surface area contributed by atoms with Crippen LogP contribution in [0.5, 0.6) is 0 Å². The van der Waals surface area contributed by atoms with E-state index in [9.17, 15) is 0 Å². The Balaban J connectivity index is 1.77. The van der Waals surface area contributed by atoms with Gasteiger partial charge in [0.05, 0.1) is 19.3 Å².